The summed E-state index contributed by atoms with van der Waals surface area (Å²) in [4.78, 5) is 8.11. The number of anilines is 3. The number of pyridine rings is 1. The number of rotatable bonds is 4. The molecule has 0 bridgehead atoms. The molecule has 0 radical (unpaired) electrons. The van der Waals surface area contributed by atoms with Crippen molar-refractivity contribution in [3.05, 3.63) is 115 Å². The predicted octanol–water partition coefficient (Wildman–Crippen LogP) is 7.82. The zero-order valence-corrected chi connectivity index (χ0v) is 20.3. The topological polar surface area (TPSA) is 33.5 Å². The van der Waals surface area contributed by atoms with Gasteiger partial charge in [-0.1, -0.05) is 36.4 Å². The third-order valence-corrected chi connectivity index (χ3v) is 6.89. The Balaban J connectivity index is 1.27. The molecule has 180 valence electrons. The standard InChI is InChI=1S/C32H26N4O/c1-22-16-17-33-32(18-22)36-28-11-4-3-10-26(28)27-15-14-25(20-31(27)36)37-24-9-7-8-23(19-24)35-21-34(2)29-12-5-6-13-30(29)35/h3-20H,21H2,1-2H3/i2D3. The van der Waals surface area contributed by atoms with Crippen LogP contribution in [0.2, 0.25) is 0 Å². The molecule has 0 atom stereocenters. The van der Waals surface area contributed by atoms with Crippen LogP contribution in [-0.4, -0.2) is 23.2 Å². The number of fused-ring (bicyclic) bond motifs is 4. The fraction of sp³-hybridized carbons (Fsp3) is 0.0938. The van der Waals surface area contributed by atoms with Crippen molar-refractivity contribution in [1.29, 1.82) is 0 Å². The van der Waals surface area contributed by atoms with Crippen LogP contribution in [0.5, 0.6) is 11.5 Å². The molecular formula is C32H26N4O. The van der Waals surface area contributed by atoms with Crippen LogP contribution < -0.4 is 14.5 Å². The first-order chi connectivity index (χ1) is 19.4. The van der Waals surface area contributed by atoms with Crippen molar-refractivity contribution in [2.75, 3.05) is 23.4 Å². The average Bonchev–Trinajstić information content (AvgIpc) is 3.50. The molecule has 6 aromatic rings. The second-order valence-electron chi connectivity index (χ2n) is 9.31. The van der Waals surface area contributed by atoms with Gasteiger partial charge in [0.25, 0.3) is 0 Å². The Kier molecular flexibility index (Phi) is 4.21. The van der Waals surface area contributed by atoms with Gasteiger partial charge in [-0.05, 0) is 67.1 Å². The van der Waals surface area contributed by atoms with Crippen LogP contribution in [0.1, 0.15) is 9.68 Å². The first-order valence-electron chi connectivity index (χ1n) is 13.8. The summed E-state index contributed by atoms with van der Waals surface area (Å²) in [5.41, 5.74) is 5.64. The van der Waals surface area contributed by atoms with Gasteiger partial charge in [0.15, 0.2) is 0 Å². The summed E-state index contributed by atoms with van der Waals surface area (Å²) in [5.74, 6) is 2.22. The minimum Gasteiger partial charge on any atom is -0.457 e. The minimum absolute atomic E-state index is 0.231. The summed E-state index contributed by atoms with van der Waals surface area (Å²) in [6.07, 6.45) is 1.83. The number of benzene rings is 4. The van der Waals surface area contributed by atoms with Gasteiger partial charge in [-0.15, -0.1) is 0 Å². The zero-order chi connectivity index (χ0) is 27.4. The second-order valence-corrected chi connectivity index (χ2v) is 9.31. The van der Waals surface area contributed by atoms with Crippen molar-refractivity contribution < 1.29 is 8.85 Å². The van der Waals surface area contributed by atoms with E-state index in [9.17, 15) is 0 Å². The second kappa shape index (κ2) is 8.42. The Morgan fingerprint density at radius 3 is 2.46 bits per heavy atom. The van der Waals surface area contributed by atoms with E-state index in [-0.39, 0.29) is 6.67 Å². The Hall–Kier alpha value is -4.77. The minimum atomic E-state index is -2.24. The molecule has 1 aliphatic rings. The molecule has 0 saturated carbocycles. The van der Waals surface area contributed by atoms with Gasteiger partial charge >= 0.3 is 0 Å². The number of ether oxygens (including phenoxy) is 1. The number of nitrogens with zero attached hydrogens (tertiary/aromatic N) is 4. The van der Waals surface area contributed by atoms with Gasteiger partial charge in [0.1, 0.15) is 17.3 Å². The zero-order valence-electron chi connectivity index (χ0n) is 23.3. The van der Waals surface area contributed by atoms with E-state index >= 15 is 0 Å². The quantitative estimate of drug-likeness (QED) is 0.255. The van der Waals surface area contributed by atoms with Crippen LogP contribution >= 0.6 is 0 Å². The largest absolute Gasteiger partial charge is 0.457 e. The lowest BCUT2D eigenvalue weighted by Gasteiger charge is -2.20. The lowest BCUT2D eigenvalue weighted by atomic mass is 10.1. The van der Waals surface area contributed by atoms with Crippen LogP contribution in [0.4, 0.5) is 17.1 Å². The van der Waals surface area contributed by atoms with Crippen LogP contribution in [0.15, 0.2) is 109 Å². The molecule has 0 amide bonds. The summed E-state index contributed by atoms with van der Waals surface area (Å²) < 4.78 is 32.6. The molecule has 0 fully saturated rings. The van der Waals surface area contributed by atoms with E-state index in [4.69, 9.17) is 8.85 Å². The molecule has 5 nitrogen and oxygen atoms in total. The maximum atomic E-state index is 8.00. The molecule has 5 heteroatoms. The van der Waals surface area contributed by atoms with E-state index in [0.29, 0.717) is 17.2 Å². The van der Waals surface area contributed by atoms with Gasteiger partial charge in [-0.3, -0.25) is 4.57 Å². The monoisotopic (exact) mass is 485 g/mol. The van der Waals surface area contributed by atoms with Crippen molar-refractivity contribution in [2.24, 2.45) is 0 Å². The maximum absolute atomic E-state index is 8.00. The first-order valence-corrected chi connectivity index (χ1v) is 12.3. The molecule has 7 rings (SSSR count). The van der Waals surface area contributed by atoms with E-state index in [1.165, 1.54) is 4.90 Å². The highest BCUT2D eigenvalue weighted by atomic mass is 16.5. The summed E-state index contributed by atoms with van der Waals surface area (Å²) in [5, 5.41) is 2.28. The SMILES string of the molecule is [2H]C([2H])([2H])N1CN(c2cccc(Oc3ccc4c5ccccc5n(-c5cc(C)ccn5)c4c3)c2)c2ccccc21. The molecule has 3 heterocycles. The van der Waals surface area contributed by atoms with Crippen molar-refractivity contribution in [3.8, 4) is 17.3 Å². The van der Waals surface area contributed by atoms with Gasteiger partial charge in [0.05, 0.1) is 29.1 Å². The molecule has 37 heavy (non-hydrogen) atoms. The molecule has 0 unspecified atom stereocenters. The number of aromatic nitrogens is 2. The van der Waals surface area contributed by atoms with Crippen molar-refractivity contribution in [3.63, 3.8) is 0 Å². The van der Waals surface area contributed by atoms with Gasteiger partial charge in [0, 0.05) is 45.9 Å². The highest BCUT2D eigenvalue weighted by Crippen LogP contribution is 2.41. The summed E-state index contributed by atoms with van der Waals surface area (Å²) in [6.45, 7) is 0.0600. The third-order valence-electron chi connectivity index (χ3n) is 6.89. The maximum Gasteiger partial charge on any atom is 0.137 e. The number of hydrogen-bond acceptors (Lipinski definition) is 4. The van der Waals surface area contributed by atoms with E-state index in [0.717, 1.165) is 44.6 Å². The molecule has 2 aromatic heterocycles. The highest BCUT2D eigenvalue weighted by Gasteiger charge is 2.24. The summed E-state index contributed by atoms with van der Waals surface area (Å²) in [7, 11) is 0. The lowest BCUT2D eigenvalue weighted by Crippen LogP contribution is -2.23. The Bertz CT molecular complexity index is 1900. The number of para-hydroxylation sites is 3. The molecule has 0 N–H and O–H groups in total. The first kappa shape index (κ1) is 18.5. The number of hydrogen-bond donors (Lipinski definition) is 0. The van der Waals surface area contributed by atoms with Crippen molar-refractivity contribution >= 4 is 38.9 Å². The van der Waals surface area contributed by atoms with Crippen LogP contribution in [0.3, 0.4) is 0 Å². The normalized spacial score (nSPS) is 14.5. The van der Waals surface area contributed by atoms with E-state index in [1.807, 2.05) is 83.9 Å². The van der Waals surface area contributed by atoms with Crippen LogP contribution in [-0.2, 0) is 0 Å². The van der Waals surface area contributed by atoms with Crippen molar-refractivity contribution in [1.82, 2.24) is 9.55 Å². The molecule has 1 aliphatic heterocycles. The fourth-order valence-corrected chi connectivity index (χ4v) is 5.19. The Morgan fingerprint density at radius 1 is 0.757 bits per heavy atom. The van der Waals surface area contributed by atoms with E-state index in [1.54, 1.807) is 0 Å². The molecule has 0 saturated heterocycles. The Labute approximate surface area is 220 Å². The van der Waals surface area contributed by atoms with Crippen molar-refractivity contribution in [2.45, 2.75) is 6.92 Å². The summed E-state index contributed by atoms with van der Waals surface area (Å²) in [6, 6.07) is 33.9. The van der Waals surface area contributed by atoms with Gasteiger partial charge < -0.3 is 14.5 Å². The molecular weight excluding hydrogens is 456 g/mol. The lowest BCUT2D eigenvalue weighted by molar-refractivity contribution is 0.483. The Morgan fingerprint density at radius 2 is 1.57 bits per heavy atom. The van der Waals surface area contributed by atoms with E-state index in [2.05, 4.69) is 46.8 Å². The molecule has 4 aromatic carbocycles. The van der Waals surface area contributed by atoms with Crippen LogP contribution in [0.25, 0.3) is 27.6 Å². The summed E-state index contributed by atoms with van der Waals surface area (Å²) >= 11 is 0. The molecule has 0 aliphatic carbocycles. The fourth-order valence-electron chi connectivity index (χ4n) is 5.19. The van der Waals surface area contributed by atoms with Gasteiger partial charge in [0.2, 0.25) is 0 Å². The van der Waals surface area contributed by atoms with E-state index < -0.39 is 6.98 Å². The predicted molar refractivity (Wildman–Crippen MR) is 152 cm³/mol. The average molecular weight is 486 g/mol. The third kappa shape index (κ3) is 3.59. The van der Waals surface area contributed by atoms with Crippen LogP contribution in [0, 0.1) is 6.92 Å². The van der Waals surface area contributed by atoms with Gasteiger partial charge in [-0.25, -0.2) is 4.98 Å². The van der Waals surface area contributed by atoms with Gasteiger partial charge in [-0.2, -0.15) is 0 Å². The number of aryl methyl sites for hydroxylation is 1. The molecule has 0 spiro atoms. The highest BCUT2D eigenvalue weighted by molar-refractivity contribution is 6.09. The smallest absolute Gasteiger partial charge is 0.137 e.